The SMILES string of the molecule is O=C(Nc1cccc(CS(=O)C2CCCCC2)c1)C1CCN(c2ncccn2)CC1. The van der Waals surface area contributed by atoms with Crippen LogP contribution in [0.2, 0.25) is 0 Å². The molecular weight excluding hydrogens is 396 g/mol. The standard InChI is InChI=1S/C23H30N4O2S/c28-22(19-10-14-27(15-11-19)23-24-12-5-13-25-23)26-20-7-4-6-18(16-20)17-30(29)21-8-2-1-3-9-21/h4-7,12-13,16,19,21H,1-3,8-11,14-15,17H2,(H,26,28). The summed E-state index contributed by atoms with van der Waals surface area (Å²) in [6, 6.07) is 9.65. The van der Waals surface area contributed by atoms with Crippen LogP contribution in [0.4, 0.5) is 11.6 Å². The molecule has 1 N–H and O–H groups in total. The van der Waals surface area contributed by atoms with E-state index in [1.165, 1.54) is 19.3 Å². The summed E-state index contributed by atoms with van der Waals surface area (Å²) in [7, 11) is -0.835. The molecule has 0 spiro atoms. The van der Waals surface area contributed by atoms with E-state index in [0.29, 0.717) is 11.0 Å². The Balaban J connectivity index is 1.29. The number of anilines is 2. The van der Waals surface area contributed by atoms with Crippen LogP contribution in [0.25, 0.3) is 0 Å². The predicted octanol–water partition coefficient (Wildman–Crippen LogP) is 3.91. The van der Waals surface area contributed by atoms with E-state index in [1.807, 2.05) is 30.3 Å². The third-order valence-corrected chi connectivity index (χ3v) is 7.96. The Labute approximate surface area is 181 Å². The van der Waals surface area contributed by atoms with Gasteiger partial charge in [0.2, 0.25) is 11.9 Å². The third kappa shape index (κ3) is 5.45. The number of rotatable bonds is 6. The first-order chi connectivity index (χ1) is 14.7. The van der Waals surface area contributed by atoms with Crippen molar-refractivity contribution >= 4 is 28.3 Å². The lowest BCUT2D eigenvalue weighted by Crippen LogP contribution is -2.39. The van der Waals surface area contributed by atoms with Gasteiger partial charge in [0.05, 0.1) is 0 Å². The molecule has 7 heteroatoms. The molecule has 4 rings (SSSR count). The van der Waals surface area contributed by atoms with Gasteiger partial charge in [-0.2, -0.15) is 0 Å². The van der Waals surface area contributed by atoms with Crippen molar-refractivity contribution in [3.8, 4) is 0 Å². The molecular formula is C23H30N4O2S. The van der Waals surface area contributed by atoms with Crippen molar-refractivity contribution in [1.29, 1.82) is 0 Å². The van der Waals surface area contributed by atoms with Crippen LogP contribution in [0, 0.1) is 5.92 Å². The van der Waals surface area contributed by atoms with Gasteiger partial charge in [-0.3, -0.25) is 9.00 Å². The number of hydrogen-bond acceptors (Lipinski definition) is 5. The van der Waals surface area contributed by atoms with Crippen molar-refractivity contribution in [2.45, 2.75) is 55.9 Å². The molecule has 2 heterocycles. The Kier molecular flexibility index (Phi) is 7.10. The average molecular weight is 427 g/mol. The van der Waals surface area contributed by atoms with E-state index in [-0.39, 0.29) is 11.8 Å². The molecule has 1 unspecified atom stereocenters. The van der Waals surface area contributed by atoms with Gasteiger partial charge in [-0.05, 0) is 49.4 Å². The van der Waals surface area contributed by atoms with Gasteiger partial charge in [-0.1, -0.05) is 31.4 Å². The first-order valence-electron chi connectivity index (χ1n) is 11.0. The number of carbonyl (C=O) groups is 1. The summed E-state index contributed by atoms with van der Waals surface area (Å²) in [5.41, 5.74) is 1.83. The fraction of sp³-hybridized carbons (Fsp3) is 0.522. The van der Waals surface area contributed by atoms with Crippen molar-refractivity contribution in [2.75, 3.05) is 23.3 Å². The topological polar surface area (TPSA) is 75.2 Å². The molecule has 2 aliphatic rings. The number of carbonyl (C=O) groups excluding carboxylic acids is 1. The normalized spacial score (nSPS) is 19.4. The number of piperidine rings is 1. The van der Waals surface area contributed by atoms with Crippen molar-refractivity contribution in [1.82, 2.24) is 9.97 Å². The smallest absolute Gasteiger partial charge is 0.227 e. The molecule has 1 amide bonds. The molecule has 0 bridgehead atoms. The van der Waals surface area contributed by atoms with Crippen LogP contribution in [-0.4, -0.2) is 38.4 Å². The van der Waals surface area contributed by atoms with Gasteiger partial charge >= 0.3 is 0 Å². The molecule has 1 saturated carbocycles. The van der Waals surface area contributed by atoms with Gasteiger partial charge in [-0.25, -0.2) is 9.97 Å². The molecule has 30 heavy (non-hydrogen) atoms. The number of amides is 1. The second-order valence-electron chi connectivity index (χ2n) is 8.28. The molecule has 1 atom stereocenters. The maximum absolute atomic E-state index is 12.8. The number of aromatic nitrogens is 2. The first kappa shape index (κ1) is 21.0. The van der Waals surface area contributed by atoms with Crippen LogP contribution >= 0.6 is 0 Å². The molecule has 1 aliphatic carbocycles. The zero-order valence-corrected chi connectivity index (χ0v) is 18.2. The summed E-state index contributed by atoms with van der Waals surface area (Å²) in [5, 5.41) is 3.40. The van der Waals surface area contributed by atoms with Crippen LogP contribution in [0.5, 0.6) is 0 Å². The van der Waals surface area contributed by atoms with Crippen LogP contribution in [0.15, 0.2) is 42.7 Å². The van der Waals surface area contributed by atoms with Gasteiger partial charge in [-0.15, -0.1) is 0 Å². The predicted molar refractivity (Wildman–Crippen MR) is 121 cm³/mol. The van der Waals surface area contributed by atoms with E-state index in [1.54, 1.807) is 12.4 Å². The van der Waals surface area contributed by atoms with E-state index in [2.05, 4.69) is 20.2 Å². The number of benzene rings is 1. The summed E-state index contributed by atoms with van der Waals surface area (Å²) < 4.78 is 12.7. The second-order valence-corrected chi connectivity index (χ2v) is 10.0. The number of nitrogens with one attached hydrogen (secondary N) is 1. The van der Waals surface area contributed by atoms with Crippen LogP contribution in [-0.2, 0) is 21.3 Å². The zero-order chi connectivity index (χ0) is 20.8. The average Bonchev–Trinajstić information content (AvgIpc) is 2.80. The van der Waals surface area contributed by atoms with E-state index in [4.69, 9.17) is 0 Å². The van der Waals surface area contributed by atoms with Gasteiger partial charge in [0.15, 0.2) is 0 Å². The van der Waals surface area contributed by atoms with E-state index in [9.17, 15) is 9.00 Å². The fourth-order valence-electron chi connectivity index (χ4n) is 4.39. The maximum atomic E-state index is 12.8. The monoisotopic (exact) mass is 426 g/mol. The quantitative estimate of drug-likeness (QED) is 0.758. The Morgan fingerprint density at radius 3 is 2.50 bits per heavy atom. The molecule has 1 aromatic heterocycles. The number of hydrogen-bond donors (Lipinski definition) is 1. The summed E-state index contributed by atoms with van der Waals surface area (Å²) in [5.74, 6) is 1.36. The summed E-state index contributed by atoms with van der Waals surface area (Å²) in [6.45, 7) is 1.56. The minimum atomic E-state index is -0.835. The third-order valence-electron chi connectivity index (χ3n) is 6.13. The minimum absolute atomic E-state index is 0.00927. The molecule has 0 radical (unpaired) electrons. The Bertz CT molecular complexity index is 863. The fourth-order valence-corrected chi connectivity index (χ4v) is 5.99. The summed E-state index contributed by atoms with van der Waals surface area (Å²) in [6.07, 6.45) is 10.9. The van der Waals surface area contributed by atoms with Crippen LogP contribution < -0.4 is 10.2 Å². The highest BCUT2D eigenvalue weighted by molar-refractivity contribution is 7.84. The minimum Gasteiger partial charge on any atom is -0.341 e. The van der Waals surface area contributed by atoms with E-state index < -0.39 is 10.8 Å². The van der Waals surface area contributed by atoms with Gasteiger partial charge in [0.25, 0.3) is 0 Å². The Hall–Kier alpha value is -2.28. The maximum Gasteiger partial charge on any atom is 0.227 e. The van der Waals surface area contributed by atoms with Crippen LogP contribution in [0.1, 0.15) is 50.5 Å². The van der Waals surface area contributed by atoms with Gasteiger partial charge in [0.1, 0.15) is 0 Å². The van der Waals surface area contributed by atoms with Gasteiger partial charge in [0, 0.05) is 58.9 Å². The Morgan fingerprint density at radius 1 is 1.03 bits per heavy atom. The molecule has 1 saturated heterocycles. The lowest BCUT2D eigenvalue weighted by molar-refractivity contribution is -0.120. The molecule has 1 aliphatic heterocycles. The van der Waals surface area contributed by atoms with Crippen molar-refractivity contribution in [3.05, 3.63) is 48.3 Å². The van der Waals surface area contributed by atoms with E-state index >= 15 is 0 Å². The van der Waals surface area contributed by atoms with Crippen molar-refractivity contribution < 1.29 is 9.00 Å². The first-order valence-corrected chi connectivity index (χ1v) is 12.4. The highest BCUT2D eigenvalue weighted by atomic mass is 32.2. The summed E-state index contributed by atoms with van der Waals surface area (Å²) in [4.78, 5) is 23.5. The highest BCUT2D eigenvalue weighted by Gasteiger charge is 2.26. The molecule has 2 fully saturated rings. The Morgan fingerprint density at radius 2 is 1.77 bits per heavy atom. The van der Waals surface area contributed by atoms with Gasteiger partial charge < -0.3 is 10.2 Å². The zero-order valence-electron chi connectivity index (χ0n) is 17.3. The second kappa shape index (κ2) is 10.2. The molecule has 1 aromatic carbocycles. The van der Waals surface area contributed by atoms with Crippen LogP contribution in [0.3, 0.4) is 0 Å². The lowest BCUT2D eigenvalue weighted by atomic mass is 9.96. The highest BCUT2D eigenvalue weighted by Crippen LogP contribution is 2.25. The van der Waals surface area contributed by atoms with E-state index in [0.717, 1.165) is 56.0 Å². The lowest BCUT2D eigenvalue weighted by Gasteiger charge is -2.31. The molecule has 6 nitrogen and oxygen atoms in total. The largest absolute Gasteiger partial charge is 0.341 e. The van der Waals surface area contributed by atoms with Crippen molar-refractivity contribution in [2.24, 2.45) is 5.92 Å². The summed E-state index contributed by atoms with van der Waals surface area (Å²) >= 11 is 0. The number of nitrogens with zero attached hydrogens (tertiary/aromatic N) is 3. The van der Waals surface area contributed by atoms with Crippen molar-refractivity contribution in [3.63, 3.8) is 0 Å². The molecule has 160 valence electrons. The molecule has 2 aromatic rings.